The number of carbonyl (C=O) groups is 1. The van der Waals surface area contributed by atoms with Crippen molar-refractivity contribution >= 4 is 11.7 Å². The van der Waals surface area contributed by atoms with E-state index in [2.05, 4.69) is 0 Å². The first-order valence-electron chi connectivity index (χ1n) is 10.1. The van der Waals surface area contributed by atoms with Gasteiger partial charge in [0.15, 0.2) is 11.8 Å². The average molecular weight is 424 g/mol. The van der Waals surface area contributed by atoms with E-state index in [1.165, 1.54) is 0 Å². The molecule has 0 aliphatic carbocycles. The number of hydrogen-bond donors (Lipinski definition) is 0. The van der Waals surface area contributed by atoms with Crippen molar-refractivity contribution in [2.24, 2.45) is 0 Å². The summed E-state index contributed by atoms with van der Waals surface area (Å²) in [5.41, 5.74) is 0.272. The Morgan fingerprint density at radius 2 is 1.57 bits per heavy atom. The molecule has 2 aliphatic rings. The maximum atomic E-state index is 13.0. The van der Waals surface area contributed by atoms with Gasteiger partial charge in [0.25, 0.3) is 0 Å². The largest absolute Gasteiger partial charge is 0.497 e. The lowest BCUT2D eigenvalue weighted by molar-refractivity contribution is -0.172. The lowest BCUT2D eigenvalue weighted by Gasteiger charge is -2.24. The Labute approximate surface area is 178 Å². The van der Waals surface area contributed by atoms with Crippen LogP contribution in [0.4, 0.5) is 5.69 Å². The number of rotatable bonds is 8. The van der Waals surface area contributed by atoms with Crippen LogP contribution in [0.2, 0.25) is 0 Å². The minimum absolute atomic E-state index is 0.294. The van der Waals surface area contributed by atoms with Crippen molar-refractivity contribution in [3.05, 3.63) is 24.3 Å². The van der Waals surface area contributed by atoms with Crippen LogP contribution in [0.5, 0.6) is 5.75 Å². The molecule has 2 heterocycles. The lowest BCUT2D eigenvalue weighted by atomic mass is 10.1. The van der Waals surface area contributed by atoms with E-state index in [0.717, 1.165) is 11.4 Å². The van der Waals surface area contributed by atoms with Crippen LogP contribution < -0.4 is 9.64 Å². The summed E-state index contributed by atoms with van der Waals surface area (Å²) in [5, 5.41) is 0. The summed E-state index contributed by atoms with van der Waals surface area (Å²) in [6.07, 6.45) is -0.588. The van der Waals surface area contributed by atoms with E-state index in [0.29, 0.717) is 13.2 Å². The monoisotopic (exact) mass is 423 g/mol. The fraction of sp³-hybridized carbons (Fsp3) is 0.682. The van der Waals surface area contributed by atoms with Crippen LogP contribution in [-0.2, 0) is 28.5 Å². The molecule has 0 unspecified atom stereocenters. The second-order valence-electron chi connectivity index (χ2n) is 8.77. The van der Waals surface area contributed by atoms with Gasteiger partial charge in [-0.1, -0.05) is 0 Å². The maximum Gasteiger partial charge on any atom is 0.331 e. The highest BCUT2D eigenvalue weighted by Crippen LogP contribution is 2.48. The van der Waals surface area contributed by atoms with Crippen LogP contribution >= 0.6 is 0 Å². The predicted molar refractivity (Wildman–Crippen MR) is 111 cm³/mol. The molecule has 8 heteroatoms. The summed E-state index contributed by atoms with van der Waals surface area (Å²) in [4.78, 5) is 15.0. The zero-order valence-corrected chi connectivity index (χ0v) is 18.8. The highest BCUT2D eigenvalue weighted by Gasteiger charge is 2.67. The number of esters is 1. The molecule has 4 atom stereocenters. The molecule has 2 aliphatic heterocycles. The van der Waals surface area contributed by atoms with E-state index in [-0.39, 0.29) is 24.2 Å². The van der Waals surface area contributed by atoms with Crippen molar-refractivity contribution in [2.45, 2.75) is 63.4 Å². The highest BCUT2D eigenvalue weighted by molar-refractivity contribution is 5.89. The second-order valence-corrected chi connectivity index (χ2v) is 8.77. The minimum atomic E-state index is -1.02. The Morgan fingerprint density at radius 1 is 1.03 bits per heavy atom. The molecule has 2 saturated heterocycles. The molecule has 0 radical (unpaired) electrons. The third-order valence-corrected chi connectivity index (χ3v) is 5.21. The molecule has 0 saturated carbocycles. The van der Waals surface area contributed by atoms with Gasteiger partial charge in [0, 0.05) is 19.9 Å². The standard InChI is InChI=1S/C22H33NO7/c1-21(2,3)30-20(24)18-19(23(18)14-8-10-15(27-7)11-9-14)22(4)28-16(12-25-5)17(29-22)13-26-6/h8-11,16-19H,12-13H2,1-7H3/t16-,17-,18+,19-,23?/m0/s1. The normalized spacial score (nSPS) is 27.8. The zero-order chi connectivity index (χ0) is 22.1. The van der Waals surface area contributed by atoms with Gasteiger partial charge in [-0.25, -0.2) is 4.79 Å². The number of anilines is 1. The molecule has 1 aromatic rings. The highest BCUT2D eigenvalue weighted by atomic mass is 16.8. The Bertz CT molecular complexity index is 716. The molecule has 168 valence electrons. The van der Waals surface area contributed by atoms with E-state index in [4.69, 9.17) is 28.4 Å². The molecule has 1 aromatic carbocycles. The second kappa shape index (κ2) is 8.70. The van der Waals surface area contributed by atoms with Gasteiger partial charge in [0.1, 0.15) is 29.6 Å². The number of hydrogen-bond acceptors (Lipinski definition) is 8. The molecule has 0 N–H and O–H groups in total. The molecule has 30 heavy (non-hydrogen) atoms. The number of ether oxygens (including phenoxy) is 6. The van der Waals surface area contributed by atoms with Gasteiger partial charge in [0.2, 0.25) is 0 Å². The smallest absolute Gasteiger partial charge is 0.331 e. The van der Waals surface area contributed by atoms with Crippen LogP contribution in [0.25, 0.3) is 0 Å². The van der Waals surface area contributed by atoms with Crippen LogP contribution in [0.1, 0.15) is 27.7 Å². The summed E-state index contributed by atoms with van der Waals surface area (Å²) in [5.74, 6) is -0.588. The minimum Gasteiger partial charge on any atom is -0.497 e. The molecule has 3 rings (SSSR count). The first-order valence-corrected chi connectivity index (χ1v) is 10.1. The van der Waals surface area contributed by atoms with Crippen LogP contribution in [0, 0.1) is 0 Å². The summed E-state index contributed by atoms with van der Waals surface area (Å²) < 4.78 is 34.1. The molecule has 8 nitrogen and oxygen atoms in total. The third-order valence-electron chi connectivity index (χ3n) is 5.21. The van der Waals surface area contributed by atoms with Gasteiger partial charge in [0.05, 0.1) is 20.3 Å². The molecule has 0 bridgehead atoms. The van der Waals surface area contributed by atoms with Crippen LogP contribution in [-0.4, -0.2) is 76.2 Å². The molecular formula is C22H33NO7. The third kappa shape index (κ3) is 4.72. The van der Waals surface area contributed by atoms with Gasteiger partial charge in [-0.05, 0) is 52.0 Å². The number of carbonyl (C=O) groups excluding carboxylic acids is 1. The van der Waals surface area contributed by atoms with Crippen molar-refractivity contribution < 1.29 is 33.2 Å². The van der Waals surface area contributed by atoms with Gasteiger partial charge < -0.3 is 33.3 Å². The van der Waals surface area contributed by atoms with Crippen LogP contribution in [0.3, 0.4) is 0 Å². The molecule has 0 spiro atoms. The number of methoxy groups -OCH3 is 3. The van der Waals surface area contributed by atoms with Crippen molar-refractivity contribution in [1.82, 2.24) is 0 Å². The fourth-order valence-corrected chi connectivity index (χ4v) is 3.98. The van der Waals surface area contributed by atoms with Crippen molar-refractivity contribution in [1.29, 1.82) is 0 Å². The summed E-state index contributed by atoms with van der Waals surface area (Å²) in [7, 11) is 4.85. The Morgan fingerprint density at radius 3 is 2.00 bits per heavy atom. The fourth-order valence-electron chi connectivity index (χ4n) is 3.98. The number of nitrogens with zero attached hydrogens (tertiary/aromatic N) is 1. The molecular weight excluding hydrogens is 390 g/mol. The summed E-state index contributed by atoms with van der Waals surface area (Å²) >= 11 is 0. The van der Waals surface area contributed by atoms with Crippen molar-refractivity contribution in [3.63, 3.8) is 0 Å². The van der Waals surface area contributed by atoms with Gasteiger partial charge in [-0.3, -0.25) is 0 Å². The van der Waals surface area contributed by atoms with E-state index in [1.807, 2.05) is 56.9 Å². The van der Waals surface area contributed by atoms with Crippen LogP contribution in [0.15, 0.2) is 24.3 Å². The Hall–Kier alpha value is -1.87. The average Bonchev–Trinajstić information content (AvgIpc) is 3.36. The van der Waals surface area contributed by atoms with Gasteiger partial charge in [-0.2, -0.15) is 0 Å². The van der Waals surface area contributed by atoms with Gasteiger partial charge in [-0.15, -0.1) is 0 Å². The quantitative estimate of drug-likeness (QED) is 0.466. The predicted octanol–water partition coefficient (Wildman–Crippen LogP) is 2.39. The summed E-state index contributed by atoms with van der Waals surface area (Å²) in [6.45, 7) is 8.16. The first kappa shape index (κ1) is 22.8. The van der Waals surface area contributed by atoms with Gasteiger partial charge >= 0.3 is 5.97 Å². The van der Waals surface area contributed by atoms with E-state index >= 15 is 0 Å². The summed E-state index contributed by atoms with van der Waals surface area (Å²) in [6, 6.07) is 6.67. The van der Waals surface area contributed by atoms with Crippen molar-refractivity contribution in [2.75, 3.05) is 39.4 Å². The van der Waals surface area contributed by atoms with E-state index in [9.17, 15) is 4.79 Å². The Kier molecular flexibility index (Phi) is 6.62. The zero-order valence-electron chi connectivity index (χ0n) is 18.8. The maximum absolute atomic E-state index is 13.0. The first-order chi connectivity index (χ1) is 14.1. The topological polar surface area (TPSA) is 75.5 Å². The molecule has 0 amide bonds. The Balaban J connectivity index is 1.87. The SMILES string of the molecule is COC[C@@H]1OC(C)([C@@H]2[C@H](C(=O)OC(C)(C)C)N2c2ccc(OC)cc2)O[C@H]1COC. The van der Waals surface area contributed by atoms with Crippen molar-refractivity contribution in [3.8, 4) is 5.75 Å². The van der Waals surface area contributed by atoms with E-state index in [1.54, 1.807) is 21.3 Å². The molecule has 2 fully saturated rings. The lowest BCUT2D eigenvalue weighted by Crippen LogP contribution is -2.38. The number of benzene rings is 1. The molecule has 0 aromatic heterocycles. The van der Waals surface area contributed by atoms with E-state index < -0.39 is 17.4 Å².